The molecule has 0 aromatic heterocycles. The molecule has 0 N–H and O–H groups in total. The first-order valence-corrected chi connectivity index (χ1v) is 39.2. The van der Waals surface area contributed by atoms with Crippen LogP contribution in [0, 0.1) is 124 Å². The van der Waals surface area contributed by atoms with Crippen molar-refractivity contribution < 1.29 is 12.3 Å². The molecule has 0 radical (unpaired) electrons. The molecule has 10 rings (SSSR count). The van der Waals surface area contributed by atoms with Gasteiger partial charge in [0.25, 0.3) is 0 Å². The van der Waals surface area contributed by atoms with E-state index in [-0.39, 0.29) is 74.7 Å². The number of rotatable bonds is 0. The Balaban J connectivity index is 0.000000381. The summed E-state index contributed by atoms with van der Waals surface area (Å²) in [7, 11) is 0. The molecule has 0 saturated heterocycles. The largest absolute Gasteiger partial charge is 0.0625 e. The zero-order valence-electron chi connectivity index (χ0n) is 77.5. The van der Waals surface area contributed by atoms with Gasteiger partial charge in [-0.3, -0.25) is 0 Å². The second-order valence-electron chi connectivity index (χ2n) is 42.0. The van der Waals surface area contributed by atoms with Crippen LogP contribution in [0.25, 0.3) is 0 Å². The van der Waals surface area contributed by atoms with Crippen molar-refractivity contribution in [3.63, 3.8) is 0 Å². The topological polar surface area (TPSA) is 0 Å². The maximum Gasteiger partial charge on any atom is 0.0311 e. The highest BCUT2D eigenvalue weighted by atomic mass is 14.5. The molecular formula is C90H178. The van der Waals surface area contributed by atoms with Crippen molar-refractivity contribution in [2.24, 2.45) is 124 Å². The van der Waals surface area contributed by atoms with E-state index >= 15 is 0 Å². The molecule has 0 unspecified atom stereocenters. The van der Waals surface area contributed by atoms with Gasteiger partial charge in [0.2, 0.25) is 0 Å². The van der Waals surface area contributed by atoms with E-state index in [9.17, 15) is 0 Å². The molecule has 0 heterocycles. The van der Waals surface area contributed by atoms with Crippen LogP contribution in [-0.4, -0.2) is 0 Å². The van der Waals surface area contributed by atoms with Gasteiger partial charge >= 0.3 is 0 Å². The molecule has 0 aliphatic heterocycles. The van der Waals surface area contributed by atoms with Gasteiger partial charge in [0.05, 0.1) is 0 Å². The first kappa shape index (κ1) is 71.3. The molecular weight excluding hydrogens is 1080 g/mol. The van der Waals surface area contributed by atoms with E-state index in [1.165, 1.54) is 128 Å². The molecule has 0 bridgehead atoms. The van der Waals surface area contributed by atoms with E-state index in [0.717, 1.165) is 109 Å². The van der Waals surface area contributed by atoms with Crippen LogP contribution in [0.1, 0.15) is 465 Å². The SMILES string of the molecule is [2H]C1(C)C(C)(C)CC(C)(C)CC1(C)C.[2H]C1(C)C(C)(C)CCCC1(C)C.[2H]C1(C)CC(C)(C)C(C)(C)C1.[2H]C1(C)CC(C)(C)CC(C)(C)C1.[2H]C1(C)CCC(C(C)(C)C)CC1.[2H]C1(C)CCC(C)(C)CC1.[2H]C1(C)CCC2(CCCCC2)CC1.[2H]C1(C)CCCC1.[2H]C1(C)CCCCC1. The van der Waals surface area contributed by atoms with Gasteiger partial charge in [-0.1, -0.05) is 344 Å². The predicted octanol–water partition coefficient (Wildman–Crippen LogP) is 31.7. The maximum absolute atomic E-state index is 8.61. The molecule has 0 aromatic carbocycles. The Morgan fingerprint density at radius 1 is 0.256 bits per heavy atom. The van der Waals surface area contributed by atoms with Gasteiger partial charge in [-0.2, -0.15) is 0 Å². The van der Waals surface area contributed by atoms with Crippen LogP contribution in [-0.2, 0) is 0 Å². The quantitative estimate of drug-likeness (QED) is 0.227. The van der Waals surface area contributed by atoms with Gasteiger partial charge in [0, 0.05) is 12.3 Å². The lowest BCUT2D eigenvalue weighted by molar-refractivity contribution is -0.0423. The van der Waals surface area contributed by atoms with Crippen LogP contribution < -0.4 is 0 Å². The van der Waals surface area contributed by atoms with Crippen LogP contribution >= 0.6 is 0 Å². The normalized spacial score (nSPS) is 35.2. The van der Waals surface area contributed by atoms with E-state index < -0.39 is 0 Å². The minimum absolute atomic E-state index is 0.0556. The third-order valence-electron chi connectivity index (χ3n) is 26.1. The molecule has 0 nitrogen and oxygen atoms in total. The van der Waals surface area contributed by atoms with Crippen LogP contribution in [0.2, 0.25) is 0 Å². The van der Waals surface area contributed by atoms with Crippen molar-refractivity contribution in [2.75, 3.05) is 0 Å². The van der Waals surface area contributed by atoms with Gasteiger partial charge in [-0.25, -0.2) is 0 Å². The lowest BCUT2D eigenvalue weighted by atomic mass is 9.51. The Hall–Kier alpha value is 0. The Labute approximate surface area is 586 Å². The fourth-order valence-corrected chi connectivity index (χ4v) is 19.5. The van der Waals surface area contributed by atoms with E-state index in [1.54, 1.807) is 0 Å². The van der Waals surface area contributed by atoms with Gasteiger partial charge in [0.1, 0.15) is 0 Å². The molecule has 10 saturated carbocycles. The first-order valence-electron chi connectivity index (χ1n) is 43.7. The number of hydrogen-bond donors (Lipinski definition) is 0. The Kier molecular flexibility index (Phi) is 28.7. The van der Waals surface area contributed by atoms with Crippen molar-refractivity contribution in [3.8, 4) is 0 Å². The fraction of sp³-hybridized carbons (Fsp3) is 1.00. The first-order chi connectivity index (χ1) is 43.7. The van der Waals surface area contributed by atoms with Crippen LogP contribution in [0.15, 0.2) is 0 Å². The molecule has 0 atom stereocenters. The Morgan fingerprint density at radius 2 is 0.567 bits per heavy atom. The molecule has 0 aromatic rings. The smallest absolute Gasteiger partial charge is 0.0311 e. The highest BCUT2D eigenvalue weighted by molar-refractivity contribution is 4.98. The van der Waals surface area contributed by atoms with Gasteiger partial charge in [-0.15, -0.1) is 0 Å². The summed E-state index contributed by atoms with van der Waals surface area (Å²) in [5.41, 5.74) is 4.01. The van der Waals surface area contributed by atoms with Gasteiger partial charge in [-0.05, 0) is 233 Å². The molecule has 0 amide bonds. The van der Waals surface area contributed by atoms with Crippen LogP contribution in [0.4, 0.5) is 0 Å². The van der Waals surface area contributed by atoms with Gasteiger partial charge in [0.15, 0.2) is 0 Å². The van der Waals surface area contributed by atoms with Gasteiger partial charge < -0.3 is 0 Å². The van der Waals surface area contributed by atoms with Crippen LogP contribution in [0.3, 0.4) is 0 Å². The highest BCUT2D eigenvalue weighted by Gasteiger charge is 2.48. The summed E-state index contributed by atoms with van der Waals surface area (Å²) in [6, 6.07) is 0. The molecule has 538 valence electrons. The second kappa shape index (κ2) is 36.2. The van der Waals surface area contributed by atoms with E-state index in [2.05, 4.69) is 208 Å². The van der Waals surface area contributed by atoms with Crippen molar-refractivity contribution in [3.05, 3.63) is 0 Å². The van der Waals surface area contributed by atoms with Crippen molar-refractivity contribution in [1.29, 1.82) is 0 Å². The average molecular weight is 1270 g/mol. The third kappa shape index (κ3) is 32.1. The Bertz CT molecular complexity index is 2210. The fourth-order valence-electron chi connectivity index (χ4n) is 19.5. The lowest BCUT2D eigenvalue weighted by Gasteiger charge is -2.54. The summed E-state index contributed by atoms with van der Waals surface area (Å²) >= 11 is 0. The molecule has 10 fully saturated rings. The van der Waals surface area contributed by atoms with Crippen molar-refractivity contribution in [1.82, 2.24) is 0 Å². The summed E-state index contributed by atoms with van der Waals surface area (Å²) in [4.78, 5) is 0. The van der Waals surface area contributed by atoms with Crippen LogP contribution in [0.5, 0.6) is 0 Å². The summed E-state index contributed by atoms with van der Waals surface area (Å²) in [6.07, 6.45) is 43.9. The molecule has 10 aliphatic rings. The third-order valence-corrected chi connectivity index (χ3v) is 26.1. The highest BCUT2D eigenvalue weighted by Crippen LogP contribution is 2.58. The standard InChI is InChI=1S/C13H26.C12H22.3C11H22.C10H20.C9H18.C7H14.C6H12/c1-10-12(4,5)8-11(2,3)9-13(10,6)7;1-11-5-9-12(10-6-11)7-3-2-4-8-12;1-9-6-10(2,3)8-11(4,5)7-9;1-9-10(2,3)7-6-8-11(9,4)5;1-9-5-7-10(8-6-9)11(2,3)4;1-8-6-9(2,3)10(4,5)7-8;1-8-4-6-9(2,3)7-5-8;1-7-5-3-2-4-6-7;1-6-4-2-3-5-6/h10H,8-9H2,1-7H3;11H,2-10H2,1H3;2*9H,6-8H2,1-5H3;9-10H,5-8H2,1-4H3;8H,6-7H2,1-5H3;8H,4-7H2,1-3H3;7H,2-6H2,1H3;6H,2-5H2,1H3/i10D;11D;3*9D;2*8D;7D;6D. The summed E-state index contributed by atoms with van der Waals surface area (Å²) < 4.78 is 72.0. The second-order valence-corrected chi connectivity index (χ2v) is 42.0. The lowest BCUT2D eigenvalue weighted by Crippen LogP contribution is -2.45. The molecule has 10 aliphatic carbocycles. The van der Waals surface area contributed by atoms with E-state index in [1.807, 2.05) is 13.8 Å². The summed E-state index contributed by atoms with van der Waals surface area (Å²) in [5, 5.41) is 0. The molecule has 90 heavy (non-hydrogen) atoms. The summed E-state index contributed by atoms with van der Waals surface area (Å²) in [5.74, 6) is -0.611. The zero-order chi connectivity index (χ0) is 77.5. The predicted molar refractivity (Wildman–Crippen MR) is 412 cm³/mol. The summed E-state index contributed by atoms with van der Waals surface area (Å²) in [6.45, 7) is 71.2. The molecule has 1 spiro atoms. The van der Waals surface area contributed by atoms with Crippen molar-refractivity contribution in [2.45, 2.75) is 453 Å². The zero-order valence-corrected chi connectivity index (χ0v) is 68.5. The monoisotopic (exact) mass is 1270 g/mol. The number of hydrogen-bond acceptors (Lipinski definition) is 0. The van der Waals surface area contributed by atoms with E-state index in [4.69, 9.17) is 12.3 Å². The average Bonchev–Trinajstić information content (AvgIpc) is 1.66. The maximum atomic E-state index is 8.61. The minimum atomic E-state index is -0.324. The van der Waals surface area contributed by atoms with E-state index in [0.29, 0.717) is 43.3 Å². The minimum Gasteiger partial charge on any atom is -0.0625 e. The Morgan fingerprint density at radius 3 is 0.867 bits per heavy atom. The molecule has 0 heteroatoms. The van der Waals surface area contributed by atoms with Crippen molar-refractivity contribution >= 4 is 0 Å².